The summed E-state index contributed by atoms with van der Waals surface area (Å²) in [4.78, 5) is 6.43. The third-order valence-corrected chi connectivity index (χ3v) is 3.38. The van der Waals surface area contributed by atoms with Gasteiger partial charge in [-0.05, 0) is 26.2 Å². The van der Waals surface area contributed by atoms with Crippen LogP contribution < -0.4 is 5.32 Å². The van der Waals surface area contributed by atoms with Crippen LogP contribution >= 0.6 is 0 Å². The molecule has 0 aliphatic carbocycles. The van der Waals surface area contributed by atoms with Crippen molar-refractivity contribution in [2.24, 2.45) is 10.9 Å². The molecule has 1 fully saturated rings. The number of unbranched alkanes of at least 4 members (excludes halogenated alkanes) is 1. The Hall–Kier alpha value is -0.980. The van der Waals surface area contributed by atoms with Crippen molar-refractivity contribution in [3.63, 3.8) is 0 Å². The molecular weight excluding hydrogens is 283 g/mol. The molecule has 21 heavy (non-hydrogen) atoms. The zero-order valence-corrected chi connectivity index (χ0v) is 12.9. The average Bonchev–Trinajstić information content (AvgIpc) is 2.88. The van der Waals surface area contributed by atoms with E-state index in [0.29, 0.717) is 18.9 Å². The number of nitrogens with zero attached hydrogens (tertiary/aromatic N) is 2. The van der Waals surface area contributed by atoms with Crippen LogP contribution in [0.15, 0.2) is 4.99 Å². The van der Waals surface area contributed by atoms with E-state index in [-0.39, 0.29) is 6.42 Å². The van der Waals surface area contributed by atoms with Crippen LogP contribution in [0.4, 0.5) is 13.2 Å². The van der Waals surface area contributed by atoms with Crippen molar-refractivity contribution in [1.82, 2.24) is 10.2 Å². The first kappa shape index (κ1) is 18.1. The molecule has 0 aromatic carbocycles. The van der Waals surface area contributed by atoms with Crippen LogP contribution in [0, 0.1) is 5.92 Å². The van der Waals surface area contributed by atoms with E-state index in [4.69, 9.17) is 4.74 Å². The summed E-state index contributed by atoms with van der Waals surface area (Å²) in [6.45, 7) is 5.58. The minimum absolute atomic E-state index is 0.132. The fraction of sp³-hybridized carbons (Fsp3) is 0.929. The van der Waals surface area contributed by atoms with Gasteiger partial charge in [-0.2, -0.15) is 13.2 Å². The first-order valence-corrected chi connectivity index (χ1v) is 7.56. The second kappa shape index (κ2) is 9.12. The maximum absolute atomic E-state index is 12.0. The van der Waals surface area contributed by atoms with Gasteiger partial charge < -0.3 is 15.0 Å². The molecule has 0 saturated carbocycles. The van der Waals surface area contributed by atoms with Crippen molar-refractivity contribution < 1.29 is 17.9 Å². The monoisotopic (exact) mass is 309 g/mol. The summed E-state index contributed by atoms with van der Waals surface area (Å²) in [6.07, 6.45) is -3.15. The third kappa shape index (κ3) is 8.14. The highest BCUT2D eigenvalue weighted by atomic mass is 19.4. The number of halogens is 3. The van der Waals surface area contributed by atoms with Crippen molar-refractivity contribution in [1.29, 1.82) is 0 Å². The van der Waals surface area contributed by atoms with Gasteiger partial charge in [-0.15, -0.1) is 0 Å². The zero-order valence-electron chi connectivity index (χ0n) is 12.9. The Morgan fingerprint density at radius 1 is 1.38 bits per heavy atom. The molecule has 4 nitrogen and oxygen atoms in total. The van der Waals surface area contributed by atoms with E-state index in [1.165, 1.54) is 0 Å². The highest BCUT2D eigenvalue weighted by molar-refractivity contribution is 5.79. The summed E-state index contributed by atoms with van der Waals surface area (Å²) in [6, 6.07) is 0. The van der Waals surface area contributed by atoms with Gasteiger partial charge in [0.1, 0.15) is 0 Å². The number of rotatable bonds is 7. The van der Waals surface area contributed by atoms with Gasteiger partial charge in [-0.25, -0.2) is 0 Å². The molecule has 7 heteroatoms. The van der Waals surface area contributed by atoms with Gasteiger partial charge in [0.15, 0.2) is 5.96 Å². The van der Waals surface area contributed by atoms with Crippen LogP contribution in [0.3, 0.4) is 0 Å². The lowest BCUT2D eigenvalue weighted by molar-refractivity contribution is -0.135. The number of guanidine groups is 1. The summed E-state index contributed by atoms with van der Waals surface area (Å²) in [5.41, 5.74) is 0. The smallest absolute Gasteiger partial charge is 0.381 e. The van der Waals surface area contributed by atoms with Crippen molar-refractivity contribution in [2.45, 2.75) is 38.8 Å². The lowest BCUT2D eigenvalue weighted by Gasteiger charge is -2.24. The van der Waals surface area contributed by atoms with Gasteiger partial charge in [0, 0.05) is 45.6 Å². The van der Waals surface area contributed by atoms with E-state index in [1.54, 1.807) is 0 Å². The van der Waals surface area contributed by atoms with E-state index in [2.05, 4.69) is 10.3 Å². The van der Waals surface area contributed by atoms with Crippen LogP contribution in [0.5, 0.6) is 0 Å². The van der Waals surface area contributed by atoms with Gasteiger partial charge in [0.2, 0.25) is 0 Å². The quantitative estimate of drug-likeness (QED) is 0.446. The minimum Gasteiger partial charge on any atom is -0.381 e. The van der Waals surface area contributed by atoms with E-state index < -0.39 is 12.6 Å². The standard InChI is InChI=1S/C14H26F3N3O/c1-3-18-13(19-8-5-4-7-14(15,16)17)20(2)10-12-6-9-21-11-12/h12H,3-11H2,1-2H3,(H,18,19). The number of hydrogen-bond acceptors (Lipinski definition) is 2. The Balaban J connectivity index is 2.33. The number of ether oxygens (including phenoxy) is 1. The molecule has 1 aliphatic heterocycles. The molecule has 124 valence electrons. The van der Waals surface area contributed by atoms with E-state index >= 15 is 0 Å². The topological polar surface area (TPSA) is 36.9 Å². The molecular formula is C14H26F3N3O. The first-order valence-electron chi connectivity index (χ1n) is 7.56. The number of nitrogens with one attached hydrogen (secondary N) is 1. The SMILES string of the molecule is CCNC(=NCCCCC(F)(F)F)N(C)CC1CCOC1. The van der Waals surface area contributed by atoms with E-state index in [0.717, 1.165) is 38.7 Å². The summed E-state index contributed by atoms with van der Waals surface area (Å²) < 4.78 is 41.5. The molecule has 1 unspecified atom stereocenters. The van der Waals surface area contributed by atoms with Gasteiger partial charge in [0.05, 0.1) is 6.61 Å². The molecule has 0 amide bonds. The largest absolute Gasteiger partial charge is 0.389 e. The average molecular weight is 309 g/mol. The summed E-state index contributed by atoms with van der Waals surface area (Å²) >= 11 is 0. The molecule has 1 aliphatic rings. The third-order valence-electron chi connectivity index (χ3n) is 3.38. The molecule has 0 radical (unpaired) electrons. The maximum Gasteiger partial charge on any atom is 0.389 e. The number of hydrogen-bond donors (Lipinski definition) is 1. The summed E-state index contributed by atoms with van der Waals surface area (Å²) in [5, 5.41) is 3.18. The summed E-state index contributed by atoms with van der Waals surface area (Å²) in [7, 11) is 1.95. The first-order chi connectivity index (χ1) is 9.92. The molecule has 1 atom stereocenters. The van der Waals surface area contributed by atoms with Crippen LogP contribution in [0.25, 0.3) is 0 Å². The fourth-order valence-corrected chi connectivity index (χ4v) is 2.29. The normalized spacial score (nSPS) is 19.9. The second-order valence-corrected chi connectivity index (χ2v) is 5.42. The molecule has 0 aromatic heterocycles. The Bertz CT molecular complexity index is 315. The molecule has 1 saturated heterocycles. The Morgan fingerprint density at radius 3 is 2.71 bits per heavy atom. The van der Waals surface area contributed by atoms with Crippen molar-refractivity contribution in [3.8, 4) is 0 Å². The second-order valence-electron chi connectivity index (χ2n) is 5.42. The minimum atomic E-state index is -4.06. The summed E-state index contributed by atoms with van der Waals surface area (Å²) in [5.74, 6) is 1.26. The number of alkyl halides is 3. The number of aliphatic imine (C=N–C) groups is 1. The highest BCUT2D eigenvalue weighted by Gasteiger charge is 2.25. The fourth-order valence-electron chi connectivity index (χ4n) is 2.29. The lowest BCUT2D eigenvalue weighted by Crippen LogP contribution is -2.41. The Labute approximate surface area is 124 Å². The molecule has 1 rings (SSSR count). The predicted molar refractivity (Wildman–Crippen MR) is 77.4 cm³/mol. The van der Waals surface area contributed by atoms with Gasteiger partial charge >= 0.3 is 6.18 Å². The molecule has 1 N–H and O–H groups in total. The van der Waals surface area contributed by atoms with Crippen LogP contribution in [0.1, 0.15) is 32.6 Å². The van der Waals surface area contributed by atoms with Crippen molar-refractivity contribution >= 4 is 5.96 Å². The Morgan fingerprint density at radius 2 is 2.14 bits per heavy atom. The van der Waals surface area contributed by atoms with Gasteiger partial charge in [-0.1, -0.05) is 0 Å². The molecule has 0 bridgehead atoms. The maximum atomic E-state index is 12.0. The van der Waals surface area contributed by atoms with Crippen LogP contribution in [-0.2, 0) is 4.74 Å². The van der Waals surface area contributed by atoms with Crippen molar-refractivity contribution in [2.75, 3.05) is 39.9 Å². The predicted octanol–water partition coefficient (Wildman–Crippen LogP) is 2.65. The van der Waals surface area contributed by atoms with Crippen molar-refractivity contribution in [3.05, 3.63) is 0 Å². The lowest BCUT2D eigenvalue weighted by atomic mass is 10.1. The van der Waals surface area contributed by atoms with Crippen LogP contribution in [-0.4, -0.2) is 56.9 Å². The Kier molecular flexibility index (Phi) is 7.85. The van der Waals surface area contributed by atoms with Gasteiger partial charge in [-0.3, -0.25) is 4.99 Å². The van der Waals surface area contributed by atoms with Gasteiger partial charge in [0.25, 0.3) is 0 Å². The van der Waals surface area contributed by atoms with E-state index in [9.17, 15) is 13.2 Å². The molecule has 0 aromatic rings. The molecule has 0 spiro atoms. The van der Waals surface area contributed by atoms with E-state index in [1.807, 2.05) is 18.9 Å². The highest BCUT2D eigenvalue weighted by Crippen LogP contribution is 2.22. The molecule has 1 heterocycles. The van der Waals surface area contributed by atoms with Crippen LogP contribution in [0.2, 0.25) is 0 Å². The zero-order chi connectivity index (χ0) is 15.7.